The molecule has 3 aromatic rings. The van der Waals surface area contributed by atoms with Gasteiger partial charge in [0, 0.05) is 25.5 Å². The Bertz CT molecular complexity index is 639. The molecule has 0 aliphatic carbocycles. The van der Waals surface area contributed by atoms with Crippen molar-refractivity contribution in [1.29, 1.82) is 0 Å². The van der Waals surface area contributed by atoms with Gasteiger partial charge in [-0.1, -0.05) is 12.1 Å². The Morgan fingerprint density at radius 3 is 2.94 bits per heavy atom. The number of hydrogen-bond acceptors (Lipinski definition) is 3. The van der Waals surface area contributed by atoms with E-state index in [4.69, 9.17) is 5.73 Å². The van der Waals surface area contributed by atoms with Crippen molar-refractivity contribution in [3.05, 3.63) is 42.7 Å². The average molecular weight is 241 g/mol. The highest BCUT2D eigenvalue weighted by Gasteiger charge is 2.09. The number of aromatic amines is 1. The summed E-state index contributed by atoms with van der Waals surface area (Å²) in [5.41, 5.74) is 8.73. The molecule has 0 saturated heterocycles. The average Bonchev–Trinajstić information content (AvgIpc) is 3.00. The molecule has 0 spiro atoms. The van der Waals surface area contributed by atoms with Crippen molar-refractivity contribution < 1.29 is 0 Å². The number of H-pyrrole nitrogens is 1. The minimum absolute atomic E-state index is 0.585. The highest BCUT2D eigenvalue weighted by atomic mass is 15.2. The second kappa shape index (κ2) is 4.54. The van der Waals surface area contributed by atoms with Gasteiger partial charge in [-0.2, -0.15) is 0 Å². The van der Waals surface area contributed by atoms with Gasteiger partial charge in [-0.05, 0) is 18.2 Å². The normalized spacial score (nSPS) is 10.9. The van der Waals surface area contributed by atoms with E-state index in [0.29, 0.717) is 6.54 Å². The van der Waals surface area contributed by atoms with Crippen LogP contribution in [0.2, 0.25) is 0 Å². The van der Waals surface area contributed by atoms with Gasteiger partial charge in [-0.3, -0.25) is 0 Å². The lowest BCUT2D eigenvalue weighted by Crippen LogP contribution is -2.11. The van der Waals surface area contributed by atoms with Gasteiger partial charge in [0.2, 0.25) is 5.95 Å². The second-order valence-electron chi connectivity index (χ2n) is 4.09. The van der Waals surface area contributed by atoms with Crippen LogP contribution in [0.3, 0.4) is 0 Å². The van der Waals surface area contributed by atoms with Crippen LogP contribution in [0.25, 0.3) is 11.0 Å². The molecule has 2 heterocycles. The molecule has 5 heteroatoms. The molecule has 0 radical (unpaired) electrons. The molecule has 0 atom stereocenters. The van der Waals surface area contributed by atoms with E-state index >= 15 is 0 Å². The highest BCUT2D eigenvalue weighted by Crippen LogP contribution is 2.22. The summed E-state index contributed by atoms with van der Waals surface area (Å²) in [6.45, 7) is 1.33. The molecule has 0 fully saturated rings. The van der Waals surface area contributed by atoms with E-state index in [1.54, 1.807) is 0 Å². The van der Waals surface area contributed by atoms with E-state index < -0.39 is 0 Å². The molecule has 5 nitrogen and oxygen atoms in total. The molecule has 3 rings (SSSR count). The number of anilines is 2. The smallest absolute Gasteiger partial charge is 0.208 e. The Morgan fingerprint density at radius 1 is 1.28 bits per heavy atom. The third-order valence-corrected chi connectivity index (χ3v) is 2.86. The van der Waals surface area contributed by atoms with Gasteiger partial charge in [0.15, 0.2) is 0 Å². The van der Waals surface area contributed by atoms with E-state index in [0.717, 1.165) is 29.2 Å². The van der Waals surface area contributed by atoms with Crippen LogP contribution in [0.1, 0.15) is 0 Å². The minimum Gasteiger partial charge on any atom is -0.366 e. The molecule has 4 N–H and O–H groups in total. The molecule has 0 aliphatic heterocycles. The third-order valence-electron chi connectivity index (χ3n) is 2.86. The third kappa shape index (κ3) is 1.84. The van der Waals surface area contributed by atoms with Crippen molar-refractivity contribution in [2.24, 2.45) is 5.73 Å². The van der Waals surface area contributed by atoms with E-state index in [2.05, 4.69) is 25.9 Å². The standard InChI is InChI=1S/C13H15N5/c14-6-8-18-12-4-2-1-3-11(12)17-13(18)16-10-5-7-15-9-10/h1-5,7,9,15H,6,8,14H2,(H,16,17). The number of nitrogens with one attached hydrogen (secondary N) is 2. The molecule has 18 heavy (non-hydrogen) atoms. The molecule has 0 unspecified atom stereocenters. The number of para-hydroxylation sites is 2. The van der Waals surface area contributed by atoms with Crippen LogP contribution >= 0.6 is 0 Å². The van der Waals surface area contributed by atoms with Crippen molar-refractivity contribution in [2.45, 2.75) is 6.54 Å². The summed E-state index contributed by atoms with van der Waals surface area (Å²) in [4.78, 5) is 7.60. The summed E-state index contributed by atoms with van der Waals surface area (Å²) in [6.07, 6.45) is 3.77. The van der Waals surface area contributed by atoms with E-state index in [1.807, 2.05) is 36.7 Å². The lowest BCUT2D eigenvalue weighted by molar-refractivity contribution is 0.736. The molecule has 2 aromatic heterocycles. The van der Waals surface area contributed by atoms with Crippen LogP contribution in [0, 0.1) is 0 Å². The predicted octanol–water partition coefficient (Wildman–Crippen LogP) is 2.07. The quantitative estimate of drug-likeness (QED) is 0.654. The summed E-state index contributed by atoms with van der Waals surface area (Å²) in [5.74, 6) is 0.821. The maximum Gasteiger partial charge on any atom is 0.208 e. The fraction of sp³-hybridized carbons (Fsp3) is 0.154. The zero-order valence-electron chi connectivity index (χ0n) is 9.93. The van der Waals surface area contributed by atoms with Crippen LogP contribution < -0.4 is 11.1 Å². The number of benzene rings is 1. The summed E-state index contributed by atoms with van der Waals surface area (Å²) in [5, 5.41) is 3.29. The number of nitrogens with two attached hydrogens (primary N) is 1. The number of nitrogens with zero attached hydrogens (tertiary/aromatic N) is 2. The summed E-state index contributed by atoms with van der Waals surface area (Å²) in [7, 11) is 0. The molecule has 0 bridgehead atoms. The topological polar surface area (TPSA) is 71.7 Å². The Hall–Kier alpha value is -2.27. The van der Waals surface area contributed by atoms with Gasteiger partial charge < -0.3 is 20.6 Å². The maximum atomic E-state index is 5.67. The first kappa shape index (κ1) is 10.9. The van der Waals surface area contributed by atoms with Crippen LogP contribution in [0.15, 0.2) is 42.7 Å². The molecule has 1 aromatic carbocycles. The van der Waals surface area contributed by atoms with Gasteiger partial charge in [0.1, 0.15) is 0 Å². The molecular formula is C13H15N5. The van der Waals surface area contributed by atoms with Gasteiger partial charge >= 0.3 is 0 Å². The van der Waals surface area contributed by atoms with Gasteiger partial charge in [0.05, 0.1) is 16.7 Å². The van der Waals surface area contributed by atoms with E-state index in [9.17, 15) is 0 Å². The number of hydrogen-bond donors (Lipinski definition) is 3. The first-order chi connectivity index (χ1) is 8.88. The number of aromatic nitrogens is 3. The monoisotopic (exact) mass is 241 g/mol. The van der Waals surface area contributed by atoms with Crippen molar-refractivity contribution in [1.82, 2.24) is 14.5 Å². The van der Waals surface area contributed by atoms with Gasteiger partial charge in [0.25, 0.3) is 0 Å². The lowest BCUT2D eigenvalue weighted by atomic mass is 10.3. The molecule has 92 valence electrons. The SMILES string of the molecule is NCCn1c(Nc2cc[nH]c2)nc2ccccc21. The van der Waals surface area contributed by atoms with E-state index in [1.165, 1.54) is 0 Å². The molecule has 0 amide bonds. The van der Waals surface area contributed by atoms with Crippen LogP contribution in [-0.4, -0.2) is 21.1 Å². The Kier molecular flexibility index (Phi) is 2.74. The van der Waals surface area contributed by atoms with Crippen LogP contribution in [0.5, 0.6) is 0 Å². The minimum atomic E-state index is 0.585. The van der Waals surface area contributed by atoms with Crippen molar-refractivity contribution in [2.75, 3.05) is 11.9 Å². The second-order valence-corrected chi connectivity index (χ2v) is 4.09. The number of rotatable bonds is 4. The van der Waals surface area contributed by atoms with Gasteiger partial charge in [-0.15, -0.1) is 0 Å². The van der Waals surface area contributed by atoms with Crippen molar-refractivity contribution >= 4 is 22.7 Å². The zero-order chi connectivity index (χ0) is 12.4. The Morgan fingerprint density at radius 2 is 2.17 bits per heavy atom. The van der Waals surface area contributed by atoms with Crippen LogP contribution in [0.4, 0.5) is 11.6 Å². The number of fused-ring (bicyclic) bond motifs is 1. The lowest BCUT2D eigenvalue weighted by Gasteiger charge is -2.08. The molecule has 0 saturated carbocycles. The van der Waals surface area contributed by atoms with Gasteiger partial charge in [-0.25, -0.2) is 4.98 Å². The first-order valence-corrected chi connectivity index (χ1v) is 5.93. The zero-order valence-corrected chi connectivity index (χ0v) is 9.93. The Balaban J connectivity index is 2.06. The van der Waals surface area contributed by atoms with Crippen molar-refractivity contribution in [3.8, 4) is 0 Å². The fourth-order valence-electron chi connectivity index (χ4n) is 2.06. The van der Waals surface area contributed by atoms with Crippen LogP contribution in [-0.2, 0) is 6.54 Å². The number of imidazole rings is 1. The van der Waals surface area contributed by atoms with Crippen molar-refractivity contribution in [3.63, 3.8) is 0 Å². The summed E-state index contributed by atoms with van der Waals surface area (Å²) < 4.78 is 2.10. The first-order valence-electron chi connectivity index (χ1n) is 5.93. The highest BCUT2D eigenvalue weighted by molar-refractivity contribution is 5.79. The summed E-state index contributed by atoms with van der Waals surface area (Å²) >= 11 is 0. The molecule has 0 aliphatic rings. The summed E-state index contributed by atoms with van der Waals surface area (Å²) in [6, 6.07) is 10.0. The molecular weight excluding hydrogens is 226 g/mol. The largest absolute Gasteiger partial charge is 0.366 e. The maximum absolute atomic E-state index is 5.67. The predicted molar refractivity (Wildman–Crippen MR) is 72.9 cm³/mol. The fourth-order valence-corrected chi connectivity index (χ4v) is 2.06. The van der Waals surface area contributed by atoms with E-state index in [-0.39, 0.29) is 0 Å². The Labute approximate surface area is 105 Å².